The molecule has 1 N–H and O–H groups in total. The molecule has 7 saturated carbocycles. The predicted molar refractivity (Wildman–Crippen MR) is 165 cm³/mol. The van der Waals surface area contributed by atoms with Gasteiger partial charge in [0, 0.05) is 18.5 Å². The predicted octanol–water partition coefficient (Wildman–Crippen LogP) is 8.28. The van der Waals surface area contributed by atoms with Crippen LogP contribution < -0.4 is 0 Å². The van der Waals surface area contributed by atoms with Crippen LogP contribution in [0.1, 0.15) is 121 Å². The maximum absolute atomic E-state index is 14.5. The Hall–Kier alpha value is -1.84. The highest BCUT2D eigenvalue weighted by Crippen LogP contribution is 2.77. The van der Waals surface area contributed by atoms with Crippen LogP contribution in [0, 0.1) is 51.8 Å². The topological polar surface area (TPSA) is 57.6 Å². The number of carboxylic acid groups (broad SMARTS) is 1. The summed E-state index contributed by atoms with van der Waals surface area (Å²) in [5.41, 5.74) is 1.51. The third-order valence-electron chi connectivity index (χ3n) is 14.8. The minimum atomic E-state index is -0.470. The fourth-order valence-corrected chi connectivity index (χ4v) is 13.3. The molecule has 8 rings (SSSR count). The van der Waals surface area contributed by atoms with Crippen LogP contribution in [0.2, 0.25) is 0 Å². The minimum absolute atomic E-state index is 0.198. The van der Waals surface area contributed by atoms with Crippen molar-refractivity contribution in [1.82, 2.24) is 4.90 Å². The van der Waals surface area contributed by atoms with Crippen molar-refractivity contribution in [1.29, 1.82) is 0 Å². The van der Waals surface area contributed by atoms with E-state index in [0.29, 0.717) is 35.1 Å². The van der Waals surface area contributed by atoms with Crippen molar-refractivity contribution in [3.8, 4) is 0 Å². The summed E-state index contributed by atoms with van der Waals surface area (Å²) in [6.07, 6.45) is 22.6. The molecule has 9 atom stereocenters. The lowest BCUT2D eigenvalue weighted by Gasteiger charge is -2.55. The third kappa shape index (κ3) is 4.34. The van der Waals surface area contributed by atoms with Crippen molar-refractivity contribution >= 4 is 11.9 Å². The number of hydrogen-bond acceptors (Lipinski definition) is 2. The maximum atomic E-state index is 14.5. The minimum Gasteiger partial charge on any atom is -0.481 e. The number of carboxylic acids is 1. The molecule has 9 unspecified atom stereocenters. The largest absolute Gasteiger partial charge is 0.481 e. The van der Waals surface area contributed by atoms with E-state index in [0.717, 1.165) is 56.9 Å². The second-order valence-electron chi connectivity index (χ2n) is 16.8. The SMILES string of the molecule is O=C(C1CC2CC3CC(C45CC6CCCC(C(=O)O)(C4)C(C6)C5)(C2)CC3C1)N(CCc1ccccc1)C1CCCCC1. The molecular weight excluding hydrogens is 518 g/mol. The van der Waals surface area contributed by atoms with Crippen molar-refractivity contribution in [2.24, 2.45) is 51.8 Å². The Bertz CT molecular complexity index is 1190. The first-order valence-corrected chi connectivity index (χ1v) is 18.0. The Labute approximate surface area is 253 Å². The molecule has 7 fully saturated rings. The number of rotatable bonds is 7. The number of hydrogen-bond donors (Lipinski definition) is 1. The average Bonchev–Trinajstić information content (AvgIpc) is 3.28. The molecule has 4 nitrogen and oxygen atoms in total. The van der Waals surface area contributed by atoms with Gasteiger partial charge in [0.05, 0.1) is 5.41 Å². The van der Waals surface area contributed by atoms with Crippen LogP contribution in [0.4, 0.5) is 0 Å². The summed E-state index contributed by atoms with van der Waals surface area (Å²) in [7, 11) is 0. The summed E-state index contributed by atoms with van der Waals surface area (Å²) >= 11 is 0. The van der Waals surface area contributed by atoms with Gasteiger partial charge in [0.25, 0.3) is 0 Å². The molecule has 6 bridgehead atoms. The highest BCUT2D eigenvalue weighted by Gasteiger charge is 2.71. The molecule has 0 aliphatic heterocycles. The van der Waals surface area contributed by atoms with Gasteiger partial charge in [-0.05, 0) is 136 Å². The standard InChI is InChI=1S/C38H53NO3/c40-34(39(33-11-5-2-6-12-33)15-13-26-8-3-1-4-9-26)29-16-28-17-30-22-36(21-28,23-31(30)19-29)37-20-27-10-7-14-38(25-37,35(41)42)32(18-27)24-37/h1,3-4,8-9,27-33H,2,5-7,10-25H2,(H,41,42). The smallest absolute Gasteiger partial charge is 0.309 e. The third-order valence-corrected chi connectivity index (χ3v) is 14.8. The highest BCUT2D eigenvalue weighted by atomic mass is 16.4. The van der Waals surface area contributed by atoms with Crippen LogP contribution in [-0.4, -0.2) is 34.5 Å². The van der Waals surface area contributed by atoms with E-state index < -0.39 is 11.4 Å². The molecule has 42 heavy (non-hydrogen) atoms. The van der Waals surface area contributed by atoms with Gasteiger partial charge in [-0.1, -0.05) is 62.4 Å². The van der Waals surface area contributed by atoms with Gasteiger partial charge in [0.15, 0.2) is 0 Å². The Kier molecular flexibility index (Phi) is 6.84. The molecule has 1 amide bonds. The first-order chi connectivity index (χ1) is 20.4. The number of carbonyl (C=O) groups excluding carboxylic acids is 1. The molecule has 4 heteroatoms. The van der Waals surface area contributed by atoms with Crippen LogP contribution >= 0.6 is 0 Å². The lowest BCUT2D eigenvalue weighted by Crippen LogP contribution is -2.48. The van der Waals surface area contributed by atoms with Crippen LogP contribution in [0.25, 0.3) is 0 Å². The fourth-order valence-electron chi connectivity index (χ4n) is 13.3. The van der Waals surface area contributed by atoms with Gasteiger partial charge < -0.3 is 10.0 Å². The molecule has 7 aliphatic carbocycles. The van der Waals surface area contributed by atoms with E-state index in [2.05, 4.69) is 35.2 Å². The number of carbonyl (C=O) groups is 2. The van der Waals surface area contributed by atoms with E-state index in [4.69, 9.17) is 0 Å². The van der Waals surface area contributed by atoms with Crippen LogP contribution in [0.5, 0.6) is 0 Å². The number of benzene rings is 1. The van der Waals surface area contributed by atoms with E-state index >= 15 is 0 Å². The first-order valence-electron chi connectivity index (χ1n) is 18.0. The Morgan fingerprint density at radius 2 is 1.55 bits per heavy atom. The molecule has 1 aromatic rings. The van der Waals surface area contributed by atoms with Crippen molar-refractivity contribution < 1.29 is 14.7 Å². The lowest BCUT2D eigenvalue weighted by molar-refractivity contribution is -0.152. The summed E-state index contributed by atoms with van der Waals surface area (Å²) in [5.74, 6) is 3.48. The van der Waals surface area contributed by atoms with E-state index in [1.807, 2.05) is 0 Å². The zero-order valence-electron chi connectivity index (χ0n) is 25.8. The van der Waals surface area contributed by atoms with Gasteiger partial charge >= 0.3 is 5.97 Å². The molecule has 0 aromatic heterocycles. The lowest BCUT2D eigenvalue weighted by atomic mass is 9.50. The monoisotopic (exact) mass is 571 g/mol. The summed E-state index contributed by atoms with van der Waals surface area (Å²) in [6.45, 7) is 0.871. The van der Waals surface area contributed by atoms with Gasteiger partial charge in [0.2, 0.25) is 5.91 Å². The Balaban J connectivity index is 1.03. The Morgan fingerprint density at radius 3 is 2.33 bits per heavy atom. The van der Waals surface area contributed by atoms with E-state index in [1.54, 1.807) is 0 Å². The van der Waals surface area contributed by atoms with Crippen LogP contribution in [0.15, 0.2) is 30.3 Å². The van der Waals surface area contributed by atoms with E-state index in [9.17, 15) is 14.7 Å². The zero-order valence-corrected chi connectivity index (χ0v) is 25.8. The normalized spacial score (nSPS) is 44.1. The second-order valence-corrected chi connectivity index (χ2v) is 16.8. The first kappa shape index (κ1) is 27.7. The van der Waals surface area contributed by atoms with E-state index in [1.165, 1.54) is 89.0 Å². The summed E-state index contributed by atoms with van der Waals surface area (Å²) < 4.78 is 0. The number of fused-ring (bicyclic) bond motifs is 5. The molecule has 0 saturated heterocycles. The molecule has 0 spiro atoms. The van der Waals surface area contributed by atoms with Crippen molar-refractivity contribution in [3.05, 3.63) is 35.9 Å². The molecule has 0 radical (unpaired) electrons. The van der Waals surface area contributed by atoms with Gasteiger partial charge in [-0.25, -0.2) is 0 Å². The second kappa shape index (κ2) is 10.4. The van der Waals surface area contributed by atoms with Crippen molar-refractivity contribution in [2.45, 2.75) is 128 Å². The summed E-state index contributed by atoms with van der Waals surface area (Å²) in [5, 5.41) is 10.6. The van der Waals surface area contributed by atoms with Gasteiger partial charge in [0.1, 0.15) is 0 Å². The molecule has 0 heterocycles. The van der Waals surface area contributed by atoms with Crippen LogP contribution in [0.3, 0.4) is 0 Å². The average molecular weight is 572 g/mol. The van der Waals surface area contributed by atoms with E-state index in [-0.39, 0.29) is 11.3 Å². The summed E-state index contributed by atoms with van der Waals surface area (Å²) in [6, 6.07) is 11.2. The molecule has 228 valence electrons. The Morgan fingerprint density at radius 1 is 0.786 bits per heavy atom. The maximum Gasteiger partial charge on any atom is 0.309 e. The fraction of sp³-hybridized carbons (Fsp3) is 0.789. The molecule has 7 aliphatic rings. The van der Waals surface area contributed by atoms with Gasteiger partial charge in [-0.2, -0.15) is 0 Å². The molecular formula is C38H53NO3. The highest BCUT2D eigenvalue weighted by molar-refractivity contribution is 5.79. The van der Waals surface area contributed by atoms with Crippen LogP contribution in [-0.2, 0) is 16.0 Å². The number of amides is 1. The van der Waals surface area contributed by atoms with Crippen molar-refractivity contribution in [2.75, 3.05) is 6.54 Å². The molecule has 1 aromatic carbocycles. The summed E-state index contributed by atoms with van der Waals surface area (Å²) in [4.78, 5) is 29.8. The van der Waals surface area contributed by atoms with Crippen molar-refractivity contribution in [3.63, 3.8) is 0 Å². The number of aliphatic carboxylic acids is 1. The zero-order chi connectivity index (χ0) is 28.5. The quantitative estimate of drug-likeness (QED) is 0.358. The van der Waals surface area contributed by atoms with Gasteiger partial charge in [-0.3, -0.25) is 9.59 Å². The van der Waals surface area contributed by atoms with Gasteiger partial charge in [-0.15, -0.1) is 0 Å². The number of nitrogens with zero attached hydrogens (tertiary/aromatic N) is 1.